The maximum atomic E-state index is 14.1. The Kier molecular flexibility index (Phi) is 17.7. The Hall–Kier alpha value is -6.00. The van der Waals surface area contributed by atoms with Crippen LogP contribution in [0.1, 0.15) is 77.4 Å². The van der Waals surface area contributed by atoms with E-state index >= 15 is 0 Å². The van der Waals surface area contributed by atoms with Crippen LogP contribution in [0, 0.1) is 17.0 Å². The Balaban J connectivity index is 1.32. The smallest absolute Gasteiger partial charge is 0.339 e. The number of esters is 2. The van der Waals surface area contributed by atoms with Gasteiger partial charge in [0.25, 0.3) is 5.69 Å². The molecule has 0 aliphatic carbocycles. The molecule has 0 fully saturated rings. The van der Waals surface area contributed by atoms with Crippen LogP contribution < -0.4 is 14.5 Å². The van der Waals surface area contributed by atoms with Crippen LogP contribution in [0.2, 0.25) is 18.1 Å². The molecule has 0 aliphatic heterocycles. The largest absolute Gasteiger partial charge is 0.543 e. The number of nitrogens with zero attached hydrogens (tertiary/aromatic N) is 1. The van der Waals surface area contributed by atoms with Gasteiger partial charge in [-0.15, -0.1) is 0 Å². The Bertz CT molecular complexity index is 2320. The quantitative estimate of drug-likeness (QED) is 0.0222. The first-order chi connectivity index (χ1) is 31.4. The molecule has 0 saturated carbocycles. The first-order valence-electron chi connectivity index (χ1n) is 21.6. The summed E-state index contributed by atoms with van der Waals surface area (Å²) in [5.74, 6) is -0.702. The molecule has 0 radical (unpaired) electrons. The summed E-state index contributed by atoms with van der Waals surface area (Å²) in [5.41, 5.74) is 3.30. The average Bonchev–Trinajstić information content (AvgIpc) is 3.31. The Morgan fingerprint density at radius 1 is 0.833 bits per heavy atom. The maximum Gasteiger partial charge on any atom is 0.339 e. The lowest BCUT2D eigenvalue weighted by atomic mass is 9.80. The molecule has 0 bridgehead atoms. The molecule has 0 spiro atoms. The highest BCUT2D eigenvalue weighted by Gasteiger charge is 2.41. The van der Waals surface area contributed by atoms with Crippen LogP contribution in [0.4, 0.5) is 5.69 Å². The van der Waals surface area contributed by atoms with E-state index in [4.69, 9.17) is 23.4 Å². The number of aliphatic hydroxyl groups is 1. The van der Waals surface area contributed by atoms with E-state index in [2.05, 4.69) is 39.2 Å². The highest BCUT2D eigenvalue weighted by Crippen LogP contribution is 2.43. The molecular formula is C51H60N2O11SSi. The summed E-state index contributed by atoms with van der Waals surface area (Å²) in [6.45, 7) is 12.0. The first kappa shape index (κ1) is 51.0. The van der Waals surface area contributed by atoms with Crippen molar-refractivity contribution in [1.82, 2.24) is 5.32 Å². The van der Waals surface area contributed by atoms with Crippen molar-refractivity contribution >= 4 is 43.6 Å². The van der Waals surface area contributed by atoms with E-state index in [0.29, 0.717) is 28.2 Å². The third-order valence-electron chi connectivity index (χ3n) is 11.8. The molecule has 1 amide bonds. The van der Waals surface area contributed by atoms with Gasteiger partial charge in [0.05, 0.1) is 37.4 Å². The molecule has 2 N–H and O–H groups in total. The van der Waals surface area contributed by atoms with Crippen LogP contribution in [0.3, 0.4) is 0 Å². The number of methoxy groups -OCH3 is 2. The summed E-state index contributed by atoms with van der Waals surface area (Å²) in [6.07, 6.45) is -1.09. The number of carbonyl (C=O) groups excluding carboxylic acids is 3. The summed E-state index contributed by atoms with van der Waals surface area (Å²) >= 11 is 1.29. The minimum Gasteiger partial charge on any atom is -0.543 e. The highest BCUT2D eigenvalue weighted by molar-refractivity contribution is 7.98. The van der Waals surface area contributed by atoms with Crippen LogP contribution in [-0.2, 0) is 41.8 Å². The zero-order valence-electron chi connectivity index (χ0n) is 38.8. The van der Waals surface area contributed by atoms with Gasteiger partial charge in [-0.2, -0.15) is 11.8 Å². The fourth-order valence-electron chi connectivity index (χ4n) is 7.10. The molecule has 5 aromatic rings. The van der Waals surface area contributed by atoms with E-state index < -0.39 is 48.8 Å². The fraction of sp³-hybridized carbons (Fsp3) is 0.353. The van der Waals surface area contributed by atoms with E-state index in [1.165, 1.54) is 50.2 Å². The predicted molar refractivity (Wildman–Crippen MR) is 258 cm³/mol. The van der Waals surface area contributed by atoms with Gasteiger partial charge >= 0.3 is 11.9 Å². The second-order valence-corrected chi connectivity index (χ2v) is 23.1. The number of carbonyl (C=O) groups is 3. The number of aliphatic hydroxyl groups excluding tert-OH is 1. The van der Waals surface area contributed by atoms with Crippen molar-refractivity contribution in [2.24, 2.45) is 0 Å². The number of amides is 1. The third kappa shape index (κ3) is 12.7. The zero-order chi connectivity index (χ0) is 48.1. The number of thioether (sulfide) groups is 1. The van der Waals surface area contributed by atoms with Crippen molar-refractivity contribution < 1.29 is 47.8 Å². The van der Waals surface area contributed by atoms with Crippen molar-refractivity contribution in [3.8, 4) is 11.5 Å². The number of nitro groups is 1. The van der Waals surface area contributed by atoms with E-state index in [9.17, 15) is 29.6 Å². The van der Waals surface area contributed by atoms with Gasteiger partial charge < -0.3 is 33.8 Å². The third-order valence-corrected chi connectivity index (χ3v) is 17.2. The monoisotopic (exact) mass is 936 g/mol. The van der Waals surface area contributed by atoms with E-state index in [0.717, 1.165) is 16.7 Å². The van der Waals surface area contributed by atoms with Gasteiger partial charge in [0.1, 0.15) is 29.7 Å². The second-order valence-electron chi connectivity index (χ2n) is 17.4. The average molecular weight is 937 g/mol. The number of non-ortho nitro benzene ring substituents is 1. The lowest BCUT2D eigenvalue weighted by Gasteiger charge is -2.37. The van der Waals surface area contributed by atoms with E-state index in [-0.39, 0.29) is 53.9 Å². The Labute approximate surface area is 392 Å². The van der Waals surface area contributed by atoms with Crippen LogP contribution >= 0.6 is 11.8 Å². The molecule has 0 aromatic heterocycles. The molecule has 350 valence electrons. The molecule has 0 aliphatic rings. The van der Waals surface area contributed by atoms with Gasteiger partial charge in [-0.25, -0.2) is 9.59 Å². The van der Waals surface area contributed by atoms with Crippen LogP contribution in [0.15, 0.2) is 121 Å². The molecule has 5 aromatic carbocycles. The topological polar surface area (TPSA) is 173 Å². The number of hydrogen-bond acceptors (Lipinski definition) is 12. The summed E-state index contributed by atoms with van der Waals surface area (Å²) < 4.78 is 30.2. The normalized spacial score (nSPS) is 12.7. The predicted octanol–water partition coefficient (Wildman–Crippen LogP) is 9.69. The Morgan fingerprint density at radius 2 is 1.38 bits per heavy atom. The zero-order valence-corrected chi connectivity index (χ0v) is 40.6. The van der Waals surface area contributed by atoms with E-state index in [1.807, 2.05) is 91.0 Å². The van der Waals surface area contributed by atoms with Crippen LogP contribution in [-0.4, -0.2) is 74.9 Å². The summed E-state index contributed by atoms with van der Waals surface area (Å²) in [6, 6.07) is 35.8. The minimum atomic E-state index is -2.50. The fourth-order valence-corrected chi connectivity index (χ4v) is 9.20. The van der Waals surface area contributed by atoms with Gasteiger partial charge in [0.2, 0.25) is 14.2 Å². The number of hydrogen-bond donors (Lipinski definition) is 2. The van der Waals surface area contributed by atoms with Crippen LogP contribution in [0.25, 0.3) is 0 Å². The van der Waals surface area contributed by atoms with Gasteiger partial charge in [-0.3, -0.25) is 14.9 Å². The summed E-state index contributed by atoms with van der Waals surface area (Å²) in [5, 5.41) is 25.1. The highest BCUT2D eigenvalue weighted by atomic mass is 32.2. The maximum absolute atomic E-state index is 14.1. The van der Waals surface area contributed by atoms with Crippen molar-refractivity contribution in [2.45, 2.75) is 88.8 Å². The molecule has 0 saturated heterocycles. The lowest BCUT2D eigenvalue weighted by molar-refractivity contribution is -0.384. The first-order valence-corrected chi connectivity index (χ1v) is 25.7. The van der Waals surface area contributed by atoms with Gasteiger partial charge in [-0.1, -0.05) is 112 Å². The number of rotatable bonds is 22. The molecule has 2 atom stereocenters. The molecule has 66 heavy (non-hydrogen) atoms. The standard InChI is InChI=1S/C51H60N2O11SSi/c1-35-44(60-5)30-45(64-66(7,8)50(2,3)4)42(47(35)49(57)62-31-36-24-26-40(27-25-36)53(58)59)33-65-34-43(48(56)61-6)52-46(55)29-28-41(54)32-63-51(37-18-12-9-13-19-37,38-20-14-10-15-21-38)39-22-16-11-17-23-39/h9-27,30,41,43,54H,28-29,31-34H2,1-8H3,(H,52,55)/t41-,43-/m1/s1. The van der Waals surface area contributed by atoms with Gasteiger partial charge in [0.15, 0.2) is 0 Å². The minimum absolute atomic E-state index is 0.0476. The number of benzene rings is 5. The number of ether oxygens (including phenoxy) is 4. The van der Waals surface area contributed by atoms with Crippen molar-refractivity contribution in [2.75, 3.05) is 26.6 Å². The molecule has 0 heterocycles. The molecule has 15 heteroatoms. The number of nitro benzene ring substituents is 1. The van der Waals surface area contributed by atoms with Crippen LogP contribution in [0.5, 0.6) is 11.5 Å². The second kappa shape index (κ2) is 22.9. The molecule has 13 nitrogen and oxygen atoms in total. The van der Waals surface area contributed by atoms with Crippen molar-refractivity contribution in [3.63, 3.8) is 0 Å². The van der Waals surface area contributed by atoms with Gasteiger partial charge in [-0.05, 0) is 65.9 Å². The Morgan fingerprint density at radius 3 is 1.86 bits per heavy atom. The van der Waals surface area contributed by atoms with E-state index in [1.54, 1.807) is 13.0 Å². The molecular weight excluding hydrogens is 877 g/mol. The summed E-state index contributed by atoms with van der Waals surface area (Å²) in [4.78, 5) is 51.4. The molecule has 5 rings (SSSR count). The van der Waals surface area contributed by atoms with Crippen molar-refractivity contribution in [3.05, 3.63) is 170 Å². The molecule has 0 unspecified atom stereocenters. The van der Waals surface area contributed by atoms with Crippen molar-refractivity contribution in [1.29, 1.82) is 0 Å². The lowest BCUT2D eigenvalue weighted by Crippen LogP contribution is -2.44. The number of nitrogens with one attached hydrogen (secondary N) is 1. The summed E-state index contributed by atoms with van der Waals surface area (Å²) in [7, 11) is 0.241. The SMILES string of the molecule is COC(=O)[C@@H](CSCc1c(O[Si](C)(C)C(C)(C)C)cc(OC)c(C)c1C(=O)OCc1ccc([N+](=O)[O-])cc1)NC(=O)CC[C@@H](O)COC(c1ccccc1)(c1ccccc1)c1ccccc1. The van der Waals surface area contributed by atoms with Gasteiger partial charge in [0, 0.05) is 47.3 Å².